The van der Waals surface area contributed by atoms with Crippen LogP contribution in [0.1, 0.15) is 31.2 Å². The first-order valence-corrected chi connectivity index (χ1v) is 7.99. The van der Waals surface area contributed by atoms with Crippen LogP contribution in [0.15, 0.2) is 24.3 Å². The maximum atomic E-state index is 12.8. The van der Waals surface area contributed by atoms with E-state index < -0.39 is 29.9 Å². The van der Waals surface area contributed by atoms with Crippen LogP contribution >= 0.6 is 0 Å². The van der Waals surface area contributed by atoms with Gasteiger partial charge in [-0.25, -0.2) is 0 Å². The van der Waals surface area contributed by atoms with Crippen molar-refractivity contribution in [1.82, 2.24) is 0 Å². The second-order valence-corrected chi connectivity index (χ2v) is 6.11. The van der Waals surface area contributed by atoms with Crippen molar-refractivity contribution in [2.45, 2.75) is 38.5 Å². The number of benzene rings is 1. The second-order valence-electron chi connectivity index (χ2n) is 6.11. The molecular formula is C17H20F3NO4. The van der Waals surface area contributed by atoms with E-state index in [4.69, 9.17) is 15.2 Å². The molecule has 2 unspecified atom stereocenters. The van der Waals surface area contributed by atoms with Crippen molar-refractivity contribution in [1.29, 1.82) is 0 Å². The topological polar surface area (TPSA) is 78.6 Å². The van der Waals surface area contributed by atoms with Gasteiger partial charge in [-0.2, -0.15) is 13.2 Å². The largest absolute Gasteiger partial charge is 0.484 e. The summed E-state index contributed by atoms with van der Waals surface area (Å²) in [5.41, 5.74) is 5.60. The number of halogens is 3. The fourth-order valence-corrected chi connectivity index (χ4v) is 2.85. The molecule has 0 spiro atoms. The number of carbonyl (C=O) groups excluding carboxylic acids is 2. The first-order valence-electron chi connectivity index (χ1n) is 7.99. The van der Waals surface area contributed by atoms with Crippen molar-refractivity contribution >= 4 is 11.9 Å². The number of rotatable bonds is 6. The van der Waals surface area contributed by atoms with Gasteiger partial charge in [-0.3, -0.25) is 9.59 Å². The molecule has 0 bridgehead atoms. The SMILES string of the molecule is NC(=O)COc1cccc(COC(=O)C2CCCC(C(F)(F)F)C2)c1. The fraction of sp³-hybridized carbons (Fsp3) is 0.529. The molecule has 2 rings (SSSR count). The van der Waals surface area contributed by atoms with Crippen LogP contribution in [0.3, 0.4) is 0 Å². The molecule has 0 aliphatic heterocycles. The van der Waals surface area contributed by atoms with E-state index in [0.29, 0.717) is 24.2 Å². The lowest BCUT2D eigenvalue weighted by atomic mass is 9.81. The number of nitrogens with two attached hydrogens (primary N) is 1. The summed E-state index contributed by atoms with van der Waals surface area (Å²) in [5.74, 6) is -3.01. The summed E-state index contributed by atoms with van der Waals surface area (Å²) in [6.45, 7) is -0.343. The predicted octanol–water partition coefficient (Wildman–Crippen LogP) is 2.96. The predicted molar refractivity (Wildman–Crippen MR) is 82.4 cm³/mol. The summed E-state index contributed by atoms with van der Waals surface area (Å²) in [5, 5.41) is 0. The summed E-state index contributed by atoms with van der Waals surface area (Å²) in [6.07, 6.45) is -3.66. The van der Waals surface area contributed by atoms with Crippen LogP contribution in [0.2, 0.25) is 0 Å². The van der Waals surface area contributed by atoms with Gasteiger partial charge in [-0.1, -0.05) is 18.6 Å². The highest BCUT2D eigenvalue weighted by molar-refractivity contribution is 5.75. The number of primary amides is 1. The van der Waals surface area contributed by atoms with Gasteiger partial charge in [0, 0.05) is 0 Å². The number of amides is 1. The number of carbonyl (C=O) groups is 2. The van der Waals surface area contributed by atoms with Gasteiger partial charge >= 0.3 is 12.1 Å². The molecule has 5 nitrogen and oxygen atoms in total. The summed E-state index contributed by atoms with van der Waals surface area (Å²) in [6, 6.07) is 6.53. The van der Waals surface area contributed by atoms with Crippen molar-refractivity contribution < 1.29 is 32.2 Å². The Morgan fingerprint density at radius 1 is 1.24 bits per heavy atom. The minimum absolute atomic E-state index is 0.0620. The Bertz CT molecular complexity index is 618. The molecule has 0 aromatic heterocycles. The molecule has 1 aromatic rings. The van der Waals surface area contributed by atoms with Gasteiger partial charge in [0.2, 0.25) is 0 Å². The molecule has 0 radical (unpaired) electrons. The number of hydrogen-bond acceptors (Lipinski definition) is 4. The Morgan fingerprint density at radius 2 is 2.00 bits per heavy atom. The molecule has 2 N–H and O–H groups in total. The maximum Gasteiger partial charge on any atom is 0.391 e. The Hall–Kier alpha value is -2.25. The number of alkyl halides is 3. The van der Waals surface area contributed by atoms with E-state index in [-0.39, 0.29) is 26.1 Å². The highest BCUT2D eigenvalue weighted by Gasteiger charge is 2.43. The fourth-order valence-electron chi connectivity index (χ4n) is 2.85. The van der Waals surface area contributed by atoms with E-state index >= 15 is 0 Å². The lowest BCUT2D eigenvalue weighted by molar-refractivity contribution is -0.189. The molecule has 1 aliphatic carbocycles. The zero-order chi connectivity index (χ0) is 18.4. The van der Waals surface area contributed by atoms with Crippen molar-refractivity contribution in [3.8, 4) is 5.75 Å². The molecule has 0 saturated heterocycles. The van der Waals surface area contributed by atoms with E-state index in [9.17, 15) is 22.8 Å². The minimum Gasteiger partial charge on any atom is -0.484 e. The average molecular weight is 359 g/mol. The quantitative estimate of drug-likeness (QED) is 0.792. The molecule has 1 aromatic carbocycles. The molecule has 1 saturated carbocycles. The Balaban J connectivity index is 1.87. The molecule has 138 valence electrons. The molecule has 25 heavy (non-hydrogen) atoms. The van der Waals surface area contributed by atoms with Crippen LogP contribution < -0.4 is 10.5 Å². The third-order valence-electron chi connectivity index (χ3n) is 4.13. The normalized spacial score (nSPS) is 20.8. The zero-order valence-corrected chi connectivity index (χ0v) is 13.6. The van der Waals surface area contributed by atoms with Crippen LogP contribution in [-0.2, 0) is 20.9 Å². The van der Waals surface area contributed by atoms with Gasteiger partial charge in [-0.15, -0.1) is 0 Å². The minimum atomic E-state index is -4.27. The molecule has 2 atom stereocenters. The first kappa shape index (κ1) is 19.1. The van der Waals surface area contributed by atoms with Crippen molar-refractivity contribution in [3.63, 3.8) is 0 Å². The van der Waals surface area contributed by atoms with Crippen LogP contribution in [0.25, 0.3) is 0 Å². The number of hydrogen-bond donors (Lipinski definition) is 1. The standard InChI is InChI=1S/C17H20F3NO4/c18-17(19,20)13-5-2-4-12(8-13)16(23)25-9-11-3-1-6-14(7-11)24-10-15(21)22/h1,3,6-7,12-13H,2,4-5,8-10H2,(H2,21,22). The Morgan fingerprint density at radius 3 is 2.68 bits per heavy atom. The lowest BCUT2D eigenvalue weighted by Crippen LogP contribution is -2.32. The zero-order valence-electron chi connectivity index (χ0n) is 13.6. The van der Waals surface area contributed by atoms with Crippen LogP contribution in [0, 0.1) is 11.8 Å². The van der Waals surface area contributed by atoms with E-state index in [0.717, 1.165) is 0 Å². The van der Waals surface area contributed by atoms with E-state index in [1.165, 1.54) is 0 Å². The van der Waals surface area contributed by atoms with Crippen LogP contribution in [-0.4, -0.2) is 24.7 Å². The van der Waals surface area contributed by atoms with Gasteiger partial charge in [0.25, 0.3) is 5.91 Å². The molecule has 1 fully saturated rings. The van der Waals surface area contributed by atoms with E-state index in [1.807, 2.05) is 0 Å². The van der Waals surface area contributed by atoms with Gasteiger partial charge in [0.05, 0.1) is 11.8 Å². The second kappa shape index (κ2) is 8.22. The van der Waals surface area contributed by atoms with Gasteiger partial charge in [0.15, 0.2) is 6.61 Å². The van der Waals surface area contributed by atoms with Crippen LogP contribution in [0.5, 0.6) is 5.75 Å². The Kier molecular flexibility index (Phi) is 6.27. The summed E-state index contributed by atoms with van der Waals surface area (Å²) < 4.78 is 48.7. The van der Waals surface area contributed by atoms with E-state index in [2.05, 4.69) is 0 Å². The lowest BCUT2D eigenvalue weighted by Gasteiger charge is -2.29. The molecular weight excluding hydrogens is 339 g/mol. The van der Waals surface area contributed by atoms with Gasteiger partial charge < -0.3 is 15.2 Å². The third-order valence-corrected chi connectivity index (χ3v) is 4.13. The van der Waals surface area contributed by atoms with Crippen molar-refractivity contribution in [3.05, 3.63) is 29.8 Å². The monoisotopic (exact) mass is 359 g/mol. The van der Waals surface area contributed by atoms with Crippen molar-refractivity contribution in [2.75, 3.05) is 6.61 Å². The van der Waals surface area contributed by atoms with Gasteiger partial charge in [0.1, 0.15) is 12.4 Å². The summed E-state index contributed by atoms with van der Waals surface area (Å²) >= 11 is 0. The van der Waals surface area contributed by atoms with E-state index in [1.54, 1.807) is 24.3 Å². The molecule has 1 amide bonds. The summed E-state index contributed by atoms with van der Waals surface area (Å²) in [7, 11) is 0. The highest BCUT2D eigenvalue weighted by atomic mass is 19.4. The smallest absolute Gasteiger partial charge is 0.391 e. The van der Waals surface area contributed by atoms with Crippen molar-refractivity contribution in [2.24, 2.45) is 17.6 Å². The van der Waals surface area contributed by atoms with Gasteiger partial charge in [-0.05, 0) is 37.0 Å². The van der Waals surface area contributed by atoms with Crippen LogP contribution in [0.4, 0.5) is 13.2 Å². The number of esters is 1. The number of ether oxygens (including phenoxy) is 2. The average Bonchev–Trinajstić information content (AvgIpc) is 2.57. The first-order chi connectivity index (χ1) is 11.8. The maximum absolute atomic E-state index is 12.8. The molecule has 8 heteroatoms. The third kappa shape index (κ3) is 5.95. The summed E-state index contributed by atoms with van der Waals surface area (Å²) in [4.78, 5) is 22.8. The molecule has 1 aliphatic rings. The Labute approximate surface area is 143 Å². The highest BCUT2D eigenvalue weighted by Crippen LogP contribution is 2.40. The molecule has 0 heterocycles.